The molecule has 0 radical (unpaired) electrons. The van der Waals surface area contributed by atoms with Crippen LogP contribution < -0.4 is 4.90 Å². The molecule has 0 amide bonds. The van der Waals surface area contributed by atoms with Crippen LogP contribution in [0.15, 0.2) is 24.3 Å². The highest BCUT2D eigenvalue weighted by Crippen LogP contribution is 2.20. The van der Waals surface area contributed by atoms with Gasteiger partial charge in [0.05, 0.1) is 6.67 Å². The Kier molecular flexibility index (Phi) is 4.79. The molecule has 1 aliphatic rings. The van der Waals surface area contributed by atoms with Gasteiger partial charge in [-0.1, -0.05) is 18.2 Å². The first-order valence-electron chi connectivity index (χ1n) is 7.86. The zero-order valence-corrected chi connectivity index (χ0v) is 14.5. The summed E-state index contributed by atoms with van der Waals surface area (Å²) in [5.41, 5.74) is 2.64. The summed E-state index contributed by atoms with van der Waals surface area (Å²) in [5.74, 6) is 0.605. The van der Waals surface area contributed by atoms with Crippen molar-refractivity contribution in [3.63, 3.8) is 0 Å². The quantitative estimate of drug-likeness (QED) is 0.860. The Hall–Kier alpha value is -1.70. The molecule has 2 aromatic rings. The van der Waals surface area contributed by atoms with Crippen molar-refractivity contribution in [3.8, 4) is 0 Å². The van der Waals surface area contributed by atoms with Crippen molar-refractivity contribution in [1.82, 2.24) is 19.2 Å². The topological polar surface area (TPSA) is 49.5 Å². The Morgan fingerprint density at radius 2 is 1.87 bits per heavy atom. The lowest BCUT2D eigenvalue weighted by Crippen LogP contribution is -2.47. The van der Waals surface area contributed by atoms with Crippen molar-refractivity contribution in [2.24, 2.45) is 7.05 Å². The molecule has 1 aromatic heterocycles. The van der Waals surface area contributed by atoms with Gasteiger partial charge in [-0.25, -0.2) is 4.68 Å². The largest absolute Gasteiger partial charge is 0.388 e. The van der Waals surface area contributed by atoms with E-state index in [9.17, 15) is 5.11 Å². The number of para-hydroxylation sites is 1. The van der Waals surface area contributed by atoms with Crippen molar-refractivity contribution >= 4 is 17.9 Å². The Bertz CT molecular complexity index is 730. The molecule has 0 unspecified atom stereocenters. The molecule has 23 heavy (non-hydrogen) atoms. The van der Waals surface area contributed by atoms with Gasteiger partial charge in [-0.05, 0) is 30.8 Å². The molecule has 1 aliphatic heterocycles. The Morgan fingerprint density at radius 1 is 1.17 bits per heavy atom. The minimum atomic E-state index is -0.0891. The number of aromatic nitrogens is 3. The molecule has 0 aliphatic carbocycles. The van der Waals surface area contributed by atoms with Gasteiger partial charge in [0.2, 0.25) is 0 Å². The fourth-order valence-corrected chi connectivity index (χ4v) is 3.20. The van der Waals surface area contributed by atoms with E-state index in [1.165, 1.54) is 11.3 Å². The molecule has 2 heterocycles. The van der Waals surface area contributed by atoms with Crippen LogP contribution >= 0.6 is 12.2 Å². The van der Waals surface area contributed by atoms with Crippen molar-refractivity contribution in [2.45, 2.75) is 20.2 Å². The molecular formula is C16H23N5OS. The first-order valence-corrected chi connectivity index (χ1v) is 8.27. The molecule has 1 aromatic carbocycles. The summed E-state index contributed by atoms with van der Waals surface area (Å²) in [5, 5.41) is 13.7. The Labute approximate surface area is 141 Å². The summed E-state index contributed by atoms with van der Waals surface area (Å²) in [6.45, 7) is 6.69. The third-order valence-electron chi connectivity index (χ3n) is 4.43. The smallest absolute Gasteiger partial charge is 0.198 e. The number of benzene rings is 1. The summed E-state index contributed by atoms with van der Waals surface area (Å²) in [4.78, 5) is 4.78. The molecule has 7 heteroatoms. The summed E-state index contributed by atoms with van der Waals surface area (Å²) in [7, 11) is 1.84. The van der Waals surface area contributed by atoms with E-state index in [0.717, 1.165) is 26.2 Å². The van der Waals surface area contributed by atoms with Crippen LogP contribution in [0.5, 0.6) is 0 Å². The van der Waals surface area contributed by atoms with Crippen LogP contribution in [0.2, 0.25) is 0 Å². The van der Waals surface area contributed by atoms with E-state index < -0.39 is 0 Å². The monoisotopic (exact) mass is 333 g/mol. The van der Waals surface area contributed by atoms with Crippen LogP contribution in [0.3, 0.4) is 0 Å². The SMILES string of the molecule is Cc1ccccc1N1CCN(Cn2nc(CO)n(C)c2=S)CC1. The lowest BCUT2D eigenvalue weighted by atomic mass is 10.1. The molecule has 124 valence electrons. The zero-order valence-electron chi connectivity index (χ0n) is 13.6. The lowest BCUT2D eigenvalue weighted by Gasteiger charge is -2.36. The predicted octanol–water partition coefficient (Wildman–Crippen LogP) is 1.53. The number of nitrogens with zero attached hydrogens (tertiary/aromatic N) is 5. The Balaban J connectivity index is 1.64. The summed E-state index contributed by atoms with van der Waals surface area (Å²) in [6, 6.07) is 8.52. The molecule has 1 N–H and O–H groups in total. The minimum absolute atomic E-state index is 0.0891. The second-order valence-electron chi connectivity index (χ2n) is 5.95. The standard InChI is InChI=1S/C16H23N5OS/c1-13-5-3-4-6-14(13)20-9-7-19(8-10-20)12-21-16(23)18(2)15(11-22)17-21/h3-6,22H,7-12H2,1-2H3. The average molecular weight is 333 g/mol. The van der Waals surface area contributed by atoms with E-state index in [1.807, 2.05) is 7.05 Å². The molecule has 0 spiro atoms. The highest BCUT2D eigenvalue weighted by atomic mass is 32.1. The van der Waals surface area contributed by atoms with Crippen LogP contribution in [0.4, 0.5) is 5.69 Å². The molecule has 1 saturated heterocycles. The number of hydrogen-bond donors (Lipinski definition) is 1. The van der Waals surface area contributed by atoms with E-state index in [-0.39, 0.29) is 6.61 Å². The van der Waals surface area contributed by atoms with Gasteiger partial charge in [-0.15, -0.1) is 0 Å². The third kappa shape index (κ3) is 3.31. The maximum Gasteiger partial charge on any atom is 0.198 e. The van der Waals surface area contributed by atoms with Gasteiger partial charge in [-0.3, -0.25) is 4.90 Å². The number of piperazine rings is 1. The van der Waals surface area contributed by atoms with Gasteiger partial charge >= 0.3 is 0 Å². The average Bonchev–Trinajstić information content (AvgIpc) is 2.84. The third-order valence-corrected chi connectivity index (χ3v) is 4.92. The molecular weight excluding hydrogens is 310 g/mol. The number of rotatable bonds is 4. The van der Waals surface area contributed by atoms with Gasteiger partial charge < -0.3 is 14.6 Å². The lowest BCUT2D eigenvalue weighted by molar-refractivity contribution is 0.192. The fourth-order valence-electron chi connectivity index (χ4n) is 3.00. The predicted molar refractivity (Wildman–Crippen MR) is 92.9 cm³/mol. The molecule has 0 atom stereocenters. The first-order chi connectivity index (χ1) is 11.1. The highest BCUT2D eigenvalue weighted by molar-refractivity contribution is 7.71. The van der Waals surface area contributed by atoms with Crippen molar-refractivity contribution in [3.05, 3.63) is 40.4 Å². The van der Waals surface area contributed by atoms with Crippen LogP contribution in [0.1, 0.15) is 11.4 Å². The van der Waals surface area contributed by atoms with Crippen LogP contribution in [0, 0.1) is 11.7 Å². The van der Waals surface area contributed by atoms with E-state index >= 15 is 0 Å². The molecule has 1 fully saturated rings. The van der Waals surface area contributed by atoms with Crippen molar-refractivity contribution in [2.75, 3.05) is 31.1 Å². The fraction of sp³-hybridized carbons (Fsp3) is 0.500. The van der Waals surface area contributed by atoms with Gasteiger partial charge in [0, 0.05) is 38.9 Å². The van der Waals surface area contributed by atoms with Gasteiger partial charge in [0.15, 0.2) is 10.6 Å². The second-order valence-corrected chi connectivity index (χ2v) is 6.31. The first kappa shape index (κ1) is 16.2. The number of aliphatic hydroxyl groups is 1. The van der Waals surface area contributed by atoms with E-state index in [2.05, 4.69) is 46.1 Å². The number of aryl methyl sites for hydroxylation is 1. The molecule has 3 rings (SSSR count). The summed E-state index contributed by atoms with van der Waals surface area (Å²) < 4.78 is 4.21. The summed E-state index contributed by atoms with van der Waals surface area (Å²) in [6.07, 6.45) is 0. The van der Waals surface area contributed by atoms with Gasteiger partial charge in [-0.2, -0.15) is 5.10 Å². The van der Waals surface area contributed by atoms with Crippen LogP contribution in [-0.2, 0) is 20.3 Å². The summed E-state index contributed by atoms with van der Waals surface area (Å²) >= 11 is 5.38. The maximum atomic E-state index is 9.29. The Morgan fingerprint density at radius 3 is 2.48 bits per heavy atom. The zero-order chi connectivity index (χ0) is 16.4. The van der Waals surface area contributed by atoms with Crippen molar-refractivity contribution < 1.29 is 5.11 Å². The van der Waals surface area contributed by atoms with E-state index in [0.29, 0.717) is 17.3 Å². The molecule has 0 saturated carbocycles. The van der Waals surface area contributed by atoms with Gasteiger partial charge in [0.1, 0.15) is 6.61 Å². The highest BCUT2D eigenvalue weighted by Gasteiger charge is 2.19. The molecule has 0 bridgehead atoms. The second kappa shape index (κ2) is 6.82. The van der Waals surface area contributed by atoms with Crippen LogP contribution in [-0.4, -0.2) is 50.5 Å². The van der Waals surface area contributed by atoms with E-state index in [1.54, 1.807) is 9.25 Å². The van der Waals surface area contributed by atoms with E-state index in [4.69, 9.17) is 12.2 Å². The normalized spacial score (nSPS) is 16.0. The van der Waals surface area contributed by atoms with Crippen LogP contribution in [0.25, 0.3) is 0 Å². The number of aliphatic hydroxyl groups excluding tert-OH is 1. The molecule has 6 nitrogen and oxygen atoms in total. The maximum absolute atomic E-state index is 9.29. The number of anilines is 1. The minimum Gasteiger partial charge on any atom is -0.388 e. The number of hydrogen-bond acceptors (Lipinski definition) is 5. The van der Waals surface area contributed by atoms with Gasteiger partial charge in [0.25, 0.3) is 0 Å². The van der Waals surface area contributed by atoms with Crippen molar-refractivity contribution in [1.29, 1.82) is 0 Å².